The van der Waals surface area contributed by atoms with Crippen LogP contribution >= 0.6 is 0 Å². The van der Waals surface area contributed by atoms with E-state index in [0.29, 0.717) is 23.9 Å². The van der Waals surface area contributed by atoms with E-state index >= 15 is 0 Å². The summed E-state index contributed by atoms with van der Waals surface area (Å²) in [5.74, 6) is 2.54. The predicted molar refractivity (Wildman–Crippen MR) is 246 cm³/mol. The summed E-state index contributed by atoms with van der Waals surface area (Å²) in [4.78, 5) is 27.6. The van der Waals surface area contributed by atoms with E-state index in [9.17, 15) is 14.7 Å². The lowest BCUT2D eigenvalue weighted by Gasteiger charge is -2.39. The Morgan fingerprint density at radius 2 is 0.951 bits per heavy atom. The number of hydrogen-bond donors (Lipinski definition) is 1. The van der Waals surface area contributed by atoms with E-state index in [-0.39, 0.29) is 30.0 Å². The monoisotopic (exact) mass is 833 g/mol. The van der Waals surface area contributed by atoms with Gasteiger partial charge in [0.15, 0.2) is 0 Å². The highest BCUT2D eigenvalue weighted by molar-refractivity contribution is 5.91. The summed E-state index contributed by atoms with van der Waals surface area (Å²) in [6.07, 6.45) is 9.96. The number of hydrogen-bond acceptors (Lipinski definition) is 7. The molecule has 4 aliphatic rings. The predicted octanol–water partition coefficient (Wildman–Crippen LogP) is 11.4. The number of fused-ring (bicyclic) bond motifs is 2. The lowest BCUT2D eigenvalue weighted by molar-refractivity contribution is -0.151. The minimum absolute atomic E-state index is 0.00115. The molecule has 0 amide bonds. The van der Waals surface area contributed by atoms with Crippen LogP contribution in [-0.4, -0.2) is 72.3 Å². The van der Waals surface area contributed by atoms with Crippen LogP contribution in [0.3, 0.4) is 0 Å². The van der Waals surface area contributed by atoms with Crippen molar-refractivity contribution in [2.75, 3.05) is 33.3 Å². The molecule has 0 unspecified atom stereocenters. The Morgan fingerprint density at radius 3 is 1.30 bits per heavy atom. The number of carboxylic acids is 1. The van der Waals surface area contributed by atoms with Crippen molar-refractivity contribution in [3.8, 4) is 11.5 Å². The van der Waals surface area contributed by atoms with E-state index in [2.05, 4.69) is 126 Å². The number of aliphatic carboxylic acids is 1. The molecule has 2 saturated heterocycles. The molecule has 8 heteroatoms. The summed E-state index contributed by atoms with van der Waals surface area (Å²) in [7, 11) is 1.47. The molecular formula is C53H72N2O6. The number of carboxylic acid groups (broad SMARTS) is 1. The Balaban J connectivity index is 0.000000184. The average Bonchev–Trinajstić information content (AvgIpc) is 3.19. The van der Waals surface area contributed by atoms with Crippen LogP contribution in [-0.2, 0) is 27.4 Å². The highest BCUT2D eigenvalue weighted by atomic mass is 16.5. The molecule has 8 rings (SSSR count). The Hall–Kier alpha value is -4.14. The largest absolute Gasteiger partial charge is 0.490 e. The van der Waals surface area contributed by atoms with E-state index in [1.54, 1.807) is 0 Å². The number of carbonyl (C=O) groups is 2. The number of likely N-dealkylation sites (tertiary alicyclic amines) is 2. The summed E-state index contributed by atoms with van der Waals surface area (Å²) < 4.78 is 18.2. The van der Waals surface area contributed by atoms with Gasteiger partial charge < -0.3 is 19.3 Å². The van der Waals surface area contributed by atoms with Gasteiger partial charge in [-0.1, -0.05) is 90.1 Å². The van der Waals surface area contributed by atoms with E-state index in [4.69, 9.17) is 14.2 Å². The number of rotatable bonds is 10. The Bertz CT molecular complexity index is 2160. The van der Waals surface area contributed by atoms with E-state index in [0.717, 1.165) is 75.2 Å². The van der Waals surface area contributed by atoms with Crippen molar-refractivity contribution in [3.05, 3.63) is 82.9 Å². The van der Waals surface area contributed by atoms with Crippen LogP contribution in [0.1, 0.15) is 115 Å². The number of esters is 1. The molecule has 0 aromatic heterocycles. The van der Waals surface area contributed by atoms with Gasteiger partial charge in [0.1, 0.15) is 11.5 Å². The van der Waals surface area contributed by atoms with Gasteiger partial charge in [0.05, 0.1) is 31.2 Å². The summed E-state index contributed by atoms with van der Waals surface area (Å²) in [6.45, 7) is 22.7. The molecule has 2 aliphatic carbocycles. The van der Waals surface area contributed by atoms with Gasteiger partial charge in [-0.3, -0.25) is 19.4 Å². The van der Waals surface area contributed by atoms with Gasteiger partial charge in [-0.2, -0.15) is 0 Å². The number of ether oxygens (including phenoxy) is 3. The topological polar surface area (TPSA) is 88.5 Å². The second kappa shape index (κ2) is 18.7. The number of carbonyl (C=O) groups excluding carboxylic acids is 1. The number of methoxy groups -OCH3 is 1. The van der Waals surface area contributed by atoms with Gasteiger partial charge in [0.2, 0.25) is 0 Å². The van der Waals surface area contributed by atoms with E-state index < -0.39 is 5.97 Å². The van der Waals surface area contributed by atoms with Crippen molar-refractivity contribution in [2.24, 2.45) is 34.5 Å². The molecule has 8 nitrogen and oxygen atoms in total. The maximum absolute atomic E-state index is 11.8. The average molecular weight is 833 g/mol. The van der Waals surface area contributed by atoms with Crippen molar-refractivity contribution >= 4 is 33.5 Å². The molecule has 4 aromatic rings. The molecule has 4 aromatic carbocycles. The highest BCUT2D eigenvalue weighted by Crippen LogP contribution is 2.42. The van der Waals surface area contributed by atoms with Crippen LogP contribution in [0, 0.1) is 48.3 Å². The molecule has 2 saturated carbocycles. The molecule has 0 bridgehead atoms. The van der Waals surface area contributed by atoms with Crippen molar-refractivity contribution in [3.63, 3.8) is 0 Å². The van der Waals surface area contributed by atoms with Gasteiger partial charge in [0, 0.05) is 50.4 Å². The highest BCUT2D eigenvalue weighted by Gasteiger charge is 2.36. The third kappa shape index (κ3) is 10.6. The second-order valence-corrected chi connectivity index (χ2v) is 21.0. The van der Waals surface area contributed by atoms with Crippen LogP contribution in [0.4, 0.5) is 0 Å². The molecule has 0 radical (unpaired) electrons. The first-order valence-electron chi connectivity index (χ1n) is 23.1. The number of benzene rings is 4. The Labute approximate surface area is 365 Å². The van der Waals surface area contributed by atoms with Gasteiger partial charge in [-0.15, -0.1) is 0 Å². The Morgan fingerprint density at radius 1 is 0.590 bits per heavy atom. The van der Waals surface area contributed by atoms with Crippen LogP contribution in [0.25, 0.3) is 21.5 Å². The zero-order valence-corrected chi connectivity index (χ0v) is 38.5. The van der Waals surface area contributed by atoms with Gasteiger partial charge >= 0.3 is 11.9 Å². The summed E-state index contributed by atoms with van der Waals surface area (Å²) in [6, 6.07) is 21.5. The molecule has 4 fully saturated rings. The first-order valence-corrected chi connectivity index (χ1v) is 23.1. The van der Waals surface area contributed by atoms with Gasteiger partial charge in [-0.25, -0.2) is 0 Å². The fourth-order valence-corrected chi connectivity index (χ4v) is 10.5. The standard InChI is InChI=1S/C27H37NO3.C26H35NO3/c1-18-14-25(31-21-12-10-20(11-13-21)27(2,3)4)24(23-9-7-6-8-22(18)23)17-28-15-19(16-28)26(29)30-5;1-17-13-24(30-20-11-9-19(10-12-20)26(2,3)4)23(22-8-6-5-7-21(17)22)16-27-14-18(15-27)25(28)29/h6-9,14,19-21H,10-13,15-17H2,1-5H3;5-8,13,18-20H,9-12,14-16H2,1-4H3,(H,28,29). The minimum Gasteiger partial charge on any atom is -0.490 e. The van der Waals surface area contributed by atoms with E-state index in [1.165, 1.54) is 76.6 Å². The zero-order valence-electron chi connectivity index (χ0n) is 38.5. The first-order chi connectivity index (χ1) is 29.0. The van der Waals surface area contributed by atoms with Gasteiger partial charge in [0.25, 0.3) is 0 Å². The van der Waals surface area contributed by atoms with Crippen LogP contribution < -0.4 is 9.47 Å². The summed E-state index contributed by atoms with van der Waals surface area (Å²) >= 11 is 0. The molecule has 2 aliphatic heterocycles. The second-order valence-electron chi connectivity index (χ2n) is 21.0. The molecule has 0 spiro atoms. The number of nitrogens with zero attached hydrogens (tertiary/aromatic N) is 2. The molecule has 61 heavy (non-hydrogen) atoms. The fourth-order valence-electron chi connectivity index (χ4n) is 10.5. The van der Waals surface area contributed by atoms with Crippen LogP contribution in [0.2, 0.25) is 0 Å². The van der Waals surface area contributed by atoms with E-state index in [1.807, 2.05) is 0 Å². The molecule has 0 atom stereocenters. The van der Waals surface area contributed by atoms with Gasteiger partial charge in [-0.05, 0) is 133 Å². The lowest BCUT2D eigenvalue weighted by Crippen LogP contribution is -2.50. The number of aryl methyl sites for hydroxylation is 2. The molecule has 2 heterocycles. The molecular weight excluding hydrogens is 761 g/mol. The van der Waals surface area contributed by atoms with Crippen molar-refractivity contribution in [1.29, 1.82) is 0 Å². The lowest BCUT2D eigenvalue weighted by atomic mass is 9.72. The Kier molecular flexibility index (Phi) is 13.8. The quantitative estimate of drug-likeness (QED) is 0.158. The maximum atomic E-state index is 11.8. The summed E-state index contributed by atoms with van der Waals surface area (Å²) in [5, 5.41) is 14.3. The first kappa shape index (κ1) is 44.9. The summed E-state index contributed by atoms with van der Waals surface area (Å²) in [5.41, 5.74) is 5.70. The fraction of sp³-hybridized carbons (Fsp3) is 0.585. The van der Waals surface area contributed by atoms with Crippen LogP contribution in [0.15, 0.2) is 60.7 Å². The molecule has 330 valence electrons. The van der Waals surface area contributed by atoms with Crippen molar-refractivity contribution < 1.29 is 28.9 Å². The molecule has 1 N–H and O–H groups in total. The van der Waals surface area contributed by atoms with Crippen molar-refractivity contribution in [2.45, 2.75) is 132 Å². The zero-order chi connectivity index (χ0) is 43.6. The van der Waals surface area contributed by atoms with Crippen LogP contribution in [0.5, 0.6) is 11.5 Å². The normalized spacial score (nSPS) is 23.1. The third-order valence-electron chi connectivity index (χ3n) is 14.6. The minimum atomic E-state index is -0.688. The SMILES string of the molecule is COC(=O)C1CN(Cc2c(OC3CCC(C(C)(C)C)CC3)cc(C)c3ccccc23)C1.Cc1cc(OC2CCC(C(C)(C)C)CC2)c(CN2CC(C(=O)O)C2)c2ccccc12. The third-order valence-corrected chi connectivity index (χ3v) is 14.6. The van der Waals surface area contributed by atoms with Crippen molar-refractivity contribution in [1.82, 2.24) is 9.80 Å². The maximum Gasteiger partial charge on any atom is 0.311 e. The smallest absolute Gasteiger partial charge is 0.311 e.